The minimum atomic E-state index is -1.35. The lowest BCUT2D eigenvalue weighted by molar-refractivity contribution is -0.142. The fraction of sp³-hybridized carbons (Fsp3) is 0.706. The SMILES string of the molecule is CSCCC(NC(=O)C(N)C(C)O)C(=O)NC(C)C(=O)NC(CCC(N)=O)C(=O)O. The van der Waals surface area contributed by atoms with E-state index in [1.165, 1.54) is 25.6 Å². The van der Waals surface area contributed by atoms with E-state index in [2.05, 4.69) is 16.0 Å². The molecule has 172 valence electrons. The molecule has 0 bridgehead atoms. The highest BCUT2D eigenvalue weighted by molar-refractivity contribution is 7.98. The predicted molar refractivity (Wildman–Crippen MR) is 110 cm³/mol. The molecule has 0 saturated heterocycles. The van der Waals surface area contributed by atoms with Crippen molar-refractivity contribution >= 4 is 41.4 Å². The molecule has 0 fully saturated rings. The van der Waals surface area contributed by atoms with Crippen LogP contribution in [0.4, 0.5) is 0 Å². The zero-order chi connectivity index (χ0) is 23.4. The zero-order valence-electron chi connectivity index (χ0n) is 17.2. The predicted octanol–water partition coefficient (Wildman–Crippen LogP) is -2.73. The lowest BCUT2D eigenvalue weighted by Crippen LogP contribution is -2.57. The van der Waals surface area contributed by atoms with E-state index in [4.69, 9.17) is 16.6 Å². The Labute approximate surface area is 178 Å². The van der Waals surface area contributed by atoms with Crippen molar-refractivity contribution in [2.75, 3.05) is 12.0 Å². The minimum absolute atomic E-state index is 0.194. The first kappa shape index (κ1) is 27.6. The number of hydrogen-bond acceptors (Lipinski definition) is 8. The number of rotatable bonds is 14. The molecule has 0 radical (unpaired) electrons. The van der Waals surface area contributed by atoms with Crippen LogP contribution in [0, 0.1) is 0 Å². The molecule has 13 heteroatoms. The van der Waals surface area contributed by atoms with Crippen molar-refractivity contribution in [3.8, 4) is 0 Å². The fourth-order valence-electron chi connectivity index (χ4n) is 2.21. The van der Waals surface area contributed by atoms with Gasteiger partial charge in [0.25, 0.3) is 0 Å². The first-order chi connectivity index (χ1) is 13.9. The Balaban J connectivity index is 5.01. The van der Waals surface area contributed by atoms with Crippen molar-refractivity contribution in [1.82, 2.24) is 16.0 Å². The summed E-state index contributed by atoms with van der Waals surface area (Å²) in [7, 11) is 0. The van der Waals surface area contributed by atoms with Crippen LogP contribution in [0.2, 0.25) is 0 Å². The van der Waals surface area contributed by atoms with Gasteiger partial charge in [0.2, 0.25) is 23.6 Å². The molecular formula is C17H31N5O7S. The quantitative estimate of drug-likeness (QED) is 0.146. The van der Waals surface area contributed by atoms with Crippen LogP contribution in [0.3, 0.4) is 0 Å². The van der Waals surface area contributed by atoms with Gasteiger partial charge in [0.05, 0.1) is 6.10 Å². The summed E-state index contributed by atoms with van der Waals surface area (Å²) in [5.41, 5.74) is 10.6. The van der Waals surface area contributed by atoms with E-state index >= 15 is 0 Å². The third-order valence-electron chi connectivity index (χ3n) is 4.11. The standard InChI is InChI=1S/C17H31N5O7S/c1-8(14(25)22-11(17(28)29)4-5-12(18)24)20-15(26)10(6-7-30-3)21-16(27)13(19)9(2)23/h8-11,13,23H,4-7,19H2,1-3H3,(H2,18,24)(H,20,26)(H,21,27)(H,22,25)(H,28,29). The molecule has 0 rings (SSSR count). The molecule has 0 aromatic rings. The summed E-state index contributed by atoms with van der Waals surface area (Å²) in [4.78, 5) is 58.9. The summed E-state index contributed by atoms with van der Waals surface area (Å²) in [6.07, 6.45) is 0.514. The molecule has 30 heavy (non-hydrogen) atoms. The zero-order valence-corrected chi connectivity index (χ0v) is 18.0. The second-order valence-corrected chi connectivity index (χ2v) is 7.73. The number of carbonyl (C=O) groups excluding carboxylic acids is 4. The Hall–Kier alpha value is -2.38. The smallest absolute Gasteiger partial charge is 0.326 e. The Morgan fingerprint density at radius 2 is 1.50 bits per heavy atom. The van der Waals surface area contributed by atoms with Crippen LogP contribution in [0.5, 0.6) is 0 Å². The number of carboxylic acid groups (broad SMARTS) is 1. The van der Waals surface area contributed by atoms with Crippen LogP contribution in [0.25, 0.3) is 0 Å². The van der Waals surface area contributed by atoms with Crippen LogP contribution in [0.1, 0.15) is 33.1 Å². The van der Waals surface area contributed by atoms with Crippen LogP contribution < -0.4 is 27.4 Å². The number of aliphatic hydroxyl groups excluding tert-OH is 1. The van der Waals surface area contributed by atoms with Gasteiger partial charge in [0.1, 0.15) is 24.2 Å². The Morgan fingerprint density at radius 1 is 0.933 bits per heavy atom. The van der Waals surface area contributed by atoms with Crippen molar-refractivity contribution < 1.29 is 34.2 Å². The van der Waals surface area contributed by atoms with Crippen molar-refractivity contribution in [2.24, 2.45) is 11.5 Å². The highest BCUT2D eigenvalue weighted by Crippen LogP contribution is 2.04. The van der Waals surface area contributed by atoms with Gasteiger partial charge in [-0.3, -0.25) is 19.2 Å². The van der Waals surface area contributed by atoms with Gasteiger partial charge < -0.3 is 37.6 Å². The van der Waals surface area contributed by atoms with Gasteiger partial charge in [0.15, 0.2) is 0 Å². The minimum Gasteiger partial charge on any atom is -0.480 e. The Kier molecular flexibility index (Phi) is 12.7. The number of carboxylic acids is 1. The molecule has 5 atom stereocenters. The molecule has 0 aromatic heterocycles. The molecule has 0 heterocycles. The van der Waals surface area contributed by atoms with E-state index in [1.807, 2.05) is 6.26 Å². The first-order valence-corrected chi connectivity index (χ1v) is 10.6. The van der Waals surface area contributed by atoms with Crippen molar-refractivity contribution in [2.45, 2.75) is 63.4 Å². The number of carbonyl (C=O) groups is 5. The largest absolute Gasteiger partial charge is 0.480 e. The average Bonchev–Trinajstić information content (AvgIpc) is 2.66. The van der Waals surface area contributed by atoms with Crippen LogP contribution >= 0.6 is 11.8 Å². The molecule has 0 aromatic carbocycles. The molecule has 4 amide bonds. The monoisotopic (exact) mass is 449 g/mol. The van der Waals surface area contributed by atoms with Crippen molar-refractivity contribution in [3.05, 3.63) is 0 Å². The second kappa shape index (κ2) is 13.8. The first-order valence-electron chi connectivity index (χ1n) is 9.25. The molecule has 0 spiro atoms. The van der Waals surface area contributed by atoms with Crippen LogP contribution in [0.15, 0.2) is 0 Å². The number of primary amides is 1. The summed E-state index contributed by atoms with van der Waals surface area (Å²) >= 11 is 1.44. The number of nitrogens with one attached hydrogen (secondary N) is 3. The van der Waals surface area contributed by atoms with Gasteiger partial charge in [-0.25, -0.2) is 4.79 Å². The molecule has 0 aliphatic carbocycles. The van der Waals surface area contributed by atoms with Crippen molar-refractivity contribution in [1.29, 1.82) is 0 Å². The number of hydrogen-bond donors (Lipinski definition) is 7. The summed E-state index contributed by atoms with van der Waals surface area (Å²) < 4.78 is 0. The molecule has 5 unspecified atom stereocenters. The van der Waals surface area contributed by atoms with E-state index in [1.54, 1.807) is 0 Å². The van der Waals surface area contributed by atoms with E-state index in [0.29, 0.717) is 5.75 Å². The molecular weight excluding hydrogens is 418 g/mol. The van der Waals surface area contributed by atoms with Gasteiger partial charge in [-0.2, -0.15) is 11.8 Å². The van der Waals surface area contributed by atoms with Gasteiger partial charge in [0, 0.05) is 6.42 Å². The van der Waals surface area contributed by atoms with Gasteiger partial charge in [-0.1, -0.05) is 0 Å². The average molecular weight is 450 g/mol. The maximum absolute atomic E-state index is 12.5. The molecule has 9 N–H and O–H groups in total. The highest BCUT2D eigenvalue weighted by atomic mass is 32.2. The van der Waals surface area contributed by atoms with E-state index in [9.17, 15) is 29.1 Å². The number of nitrogens with two attached hydrogens (primary N) is 2. The number of aliphatic carboxylic acids is 1. The summed E-state index contributed by atoms with van der Waals surface area (Å²) in [5, 5.41) is 25.6. The Bertz CT molecular complexity index is 632. The lowest BCUT2D eigenvalue weighted by atomic mass is 10.1. The Morgan fingerprint density at radius 3 is 1.97 bits per heavy atom. The van der Waals surface area contributed by atoms with Gasteiger partial charge in [-0.05, 0) is 38.7 Å². The van der Waals surface area contributed by atoms with Gasteiger partial charge >= 0.3 is 5.97 Å². The highest BCUT2D eigenvalue weighted by Gasteiger charge is 2.29. The van der Waals surface area contributed by atoms with E-state index in [0.717, 1.165) is 0 Å². The van der Waals surface area contributed by atoms with E-state index in [-0.39, 0.29) is 19.3 Å². The maximum atomic E-state index is 12.5. The van der Waals surface area contributed by atoms with Crippen LogP contribution in [-0.4, -0.2) is 82.1 Å². The number of aliphatic hydroxyl groups is 1. The topological polar surface area (TPSA) is 214 Å². The van der Waals surface area contributed by atoms with Crippen molar-refractivity contribution in [3.63, 3.8) is 0 Å². The fourth-order valence-corrected chi connectivity index (χ4v) is 2.68. The lowest BCUT2D eigenvalue weighted by Gasteiger charge is -2.24. The maximum Gasteiger partial charge on any atom is 0.326 e. The second-order valence-electron chi connectivity index (χ2n) is 6.74. The molecule has 0 saturated carbocycles. The molecule has 0 aliphatic rings. The number of thioether (sulfide) groups is 1. The van der Waals surface area contributed by atoms with E-state index < -0.39 is 59.9 Å². The summed E-state index contributed by atoms with van der Waals surface area (Å²) in [6.45, 7) is 2.68. The normalized spacial score (nSPS) is 15.8. The molecule has 12 nitrogen and oxygen atoms in total. The third kappa shape index (κ3) is 10.4. The summed E-state index contributed by atoms with van der Waals surface area (Å²) in [6, 6.07) is -4.69. The van der Waals surface area contributed by atoms with Crippen LogP contribution in [-0.2, 0) is 24.0 Å². The third-order valence-corrected chi connectivity index (χ3v) is 4.76. The molecule has 0 aliphatic heterocycles. The number of amides is 4. The summed E-state index contributed by atoms with van der Waals surface area (Å²) in [5.74, 6) is -3.70. The van der Waals surface area contributed by atoms with Gasteiger partial charge in [-0.15, -0.1) is 0 Å².